The number of likely N-dealkylation sites (tertiary alicyclic amines) is 1. The summed E-state index contributed by atoms with van der Waals surface area (Å²) >= 11 is 1.45. The molecule has 6 nitrogen and oxygen atoms in total. The van der Waals surface area contributed by atoms with Gasteiger partial charge in [0, 0.05) is 50.7 Å². The fourth-order valence-electron chi connectivity index (χ4n) is 4.11. The highest BCUT2D eigenvalue weighted by atomic mass is 32.1. The van der Waals surface area contributed by atoms with Crippen LogP contribution in [0.15, 0.2) is 0 Å². The van der Waals surface area contributed by atoms with Gasteiger partial charge in [0.2, 0.25) is 11.0 Å². The van der Waals surface area contributed by atoms with Gasteiger partial charge in [0.25, 0.3) is 0 Å². The van der Waals surface area contributed by atoms with Crippen LogP contribution >= 0.6 is 11.5 Å². The van der Waals surface area contributed by atoms with E-state index in [0.29, 0.717) is 18.4 Å². The Morgan fingerprint density at radius 2 is 2.04 bits per heavy atom. The van der Waals surface area contributed by atoms with E-state index >= 15 is 0 Å². The van der Waals surface area contributed by atoms with Gasteiger partial charge < -0.3 is 14.5 Å². The Bertz CT molecular complexity index is 576. The molecule has 7 heteroatoms. The number of carbonyl (C=O) groups is 1. The summed E-state index contributed by atoms with van der Waals surface area (Å²) in [6, 6.07) is 0. The molecule has 1 amide bonds. The number of piperidine rings is 1. The molecule has 1 atom stereocenters. The number of methoxy groups -OCH3 is 1. The third-order valence-corrected chi connectivity index (χ3v) is 6.48. The second-order valence-electron chi connectivity index (χ2n) is 7.06. The summed E-state index contributed by atoms with van der Waals surface area (Å²) in [6.07, 6.45) is 5.67. The molecule has 23 heavy (non-hydrogen) atoms. The average Bonchev–Trinajstić information content (AvgIpc) is 2.99. The van der Waals surface area contributed by atoms with E-state index in [1.165, 1.54) is 24.4 Å². The van der Waals surface area contributed by atoms with Crippen molar-refractivity contribution in [2.75, 3.05) is 38.2 Å². The van der Waals surface area contributed by atoms with Crippen molar-refractivity contribution in [3.63, 3.8) is 0 Å². The number of rotatable bonds is 4. The van der Waals surface area contributed by atoms with Crippen LogP contribution in [0.25, 0.3) is 0 Å². The summed E-state index contributed by atoms with van der Waals surface area (Å²) < 4.78 is 9.41. The van der Waals surface area contributed by atoms with Crippen molar-refractivity contribution < 1.29 is 9.53 Å². The Morgan fingerprint density at radius 3 is 2.74 bits per heavy atom. The summed E-state index contributed by atoms with van der Waals surface area (Å²) in [4.78, 5) is 21.5. The second kappa shape index (κ2) is 6.02. The zero-order chi connectivity index (χ0) is 15.9. The van der Waals surface area contributed by atoms with Crippen LogP contribution in [0.2, 0.25) is 0 Å². The summed E-state index contributed by atoms with van der Waals surface area (Å²) in [7, 11) is 1.66. The van der Waals surface area contributed by atoms with E-state index in [0.717, 1.165) is 56.4 Å². The van der Waals surface area contributed by atoms with Crippen LogP contribution in [-0.4, -0.2) is 53.5 Å². The zero-order valence-corrected chi connectivity index (χ0v) is 14.5. The van der Waals surface area contributed by atoms with Crippen molar-refractivity contribution in [1.29, 1.82) is 0 Å². The van der Waals surface area contributed by atoms with E-state index in [9.17, 15) is 4.79 Å². The van der Waals surface area contributed by atoms with Gasteiger partial charge in [-0.25, -0.2) is 4.98 Å². The molecule has 0 bridgehead atoms. The molecule has 2 saturated heterocycles. The summed E-state index contributed by atoms with van der Waals surface area (Å²) in [6.45, 7) is 4.41. The number of hydrogen-bond donors (Lipinski definition) is 0. The third kappa shape index (κ3) is 2.85. The van der Waals surface area contributed by atoms with E-state index in [4.69, 9.17) is 4.74 Å². The van der Waals surface area contributed by atoms with Crippen LogP contribution in [0.4, 0.5) is 5.13 Å². The predicted octanol–water partition coefficient (Wildman–Crippen LogP) is 1.91. The van der Waals surface area contributed by atoms with E-state index in [-0.39, 0.29) is 5.41 Å². The number of anilines is 1. The lowest BCUT2D eigenvalue weighted by Gasteiger charge is -2.32. The van der Waals surface area contributed by atoms with Crippen LogP contribution in [0, 0.1) is 11.3 Å². The maximum atomic E-state index is 12.6. The molecule has 1 saturated carbocycles. The molecular weight excluding hydrogens is 312 g/mol. The van der Waals surface area contributed by atoms with Gasteiger partial charge in [-0.15, -0.1) is 0 Å². The highest BCUT2D eigenvalue weighted by Crippen LogP contribution is 2.60. The van der Waals surface area contributed by atoms with Crippen molar-refractivity contribution in [2.45, 2.75) is 38.7 Å². The molecular formula is C16H24N4O2S. The maximum absolute atomic E-state index is 12.6. The topological polar surface area (TPSA) is 58.6 Å². The predicted molar refractivity (Wildman–Crippen MR) is 88.4 cm³/mol. The van der Waals surface area contributed by atoms with Crippen molar-refractivity contribution in [2.24, 2.45) is 11.3 Å². The second-order valence-corrected chi connectivity index (χ2v) is 7.80. The molecule has 1 aromatic rings. The average molecular weight is 336 g/mol. The molecule has 3 aliphatic rings. The molecule has 3 heterocycles. The summed E-state index contributed by atoms with van der Waals surface area (Å²) in [5, 5.41) is 0.995. The lowest BCUT2D eigenvalue weighted by atomic mass is 9.90. The smallest absolute Gasteiger partial charge is 0.226 e. The Morgan fingerprint density at radius 1 is 1.30 bits per heavy atom. The van der Waals surface area contributed by atoms with Crippen molar-refractivity contribution in [1.82, 2.24) is 14.3 Å². The molecule has 0 N–H and O–H groups in total. The standard InChI is InChI=1S/C16H24N4O2S/c1-22-11-13-17-15(23-18-13)20-8-4-16(5-9-20)10-12(16)14(21)19-6-2-3-7-19/h12H,2-11H2,1H3/t12-/m0/s1. The van der Waals surface area contributed by atoms with Gasteiger partial charge in [-0.1, -0.05) is 0 Å². The quantitative estimate of drug-likeness (QED) is 0.841. The summed E-state index contributed by atoms with van der Waals surface area (Å²) in [5.74, 6) is 1.48. The van der Waals surface area contributed by atoms with Gasteiger partial charge in [-0.05, 0) is 37.5 Å². The molecule has 1 spiro atoms. The van der Waals surface area contributed by atoms with Crippen LogP contribution in [-0.2, 0) is 16.1 Å². The molecule has 126 valence electrons. The first-order chi connectivity index (χ1) is 11.2. The molecule has 1 aromatic heterocycles. The van der Waals surface area contributed by atoms with Crippen molar-refractivity contribution in [3.05, 3.63) is 5.82 Å². The van der Waals surface area contributed by atoms with Crippen molar-refractivity contribution >= 4 is 22.6 Å². The minimum absolute atomic E-state index is 0.288. The SMILES string of the molecule is COCc1nsc(N2CCC3(CC2)C[C@H]3C(=O)N2CCCC2)n1. The number of hydrogen-bond acceptors (Lipinski definition) is 6. The van der Waals surface area contributed by atoms with Crippen molar-refractivity contribution in [3.8, 4) is 0 Å². The zero-order valence-electron chi connectivity index (χ0n) is 13.7. The van der Waals surface area contributed by atoms with E-state index < -0.39 is 0 Å². The highest BCUT2D eigenvalue weighted by Gasteiger charge is 2.59. The van der Waals surface area contributed by atoms with Gasteiger partial charge in [0.05, 0.1) is 0 Å². The molecule has 2 aliphatic heterocycles. The van der Waals surface area contributed by atoms with Crippen LogP contribution < -0.4 is 4.90 Å². The third-order valence-electron chi connectivity index (χ3n) is 5.67. The van der Waals surface area contributed by atoms with Crippen LogP contribution in [0.3, 0.4) is 0 Å². The van der Waals surface area contributed by atoms with Gasteiger partial charge in [0.15, 0.2) is 5.82 Å². The number of amides is 1. The number of aromatic nitrogens is 2. The van der Waals surface area contributed by atoms with Gasteiger partial charge in [-0.3, -0.25) is 4.79 Å². The lowest BCUT2D eigenvalue weighted by molar-refractivity contribution is -0.132. The Kier molecular flexibility index (Phi) is 4.01. The normalized spacial score (nSPS) is 26.0. The first-order valence-corrected chi connectivity index (χ1v) is 9.34. The van der Waals surface area contributed by atoms with Crippen LogP contribution in [0.5, 0.6) is 0 Å². The minimum Gasteiger partial charge on any atom is -0.377 e. The number of carbonyl (C=O) groups excluding carboxylic acids is 1. The Labute approximate surface area is 141 Å². The molecule has 1 aliphatic carbocycles. The molecule has 4 rings (SSSR count). The first-order valence-electron chi connectivity index (χ1n) is 8.57. The molecule has 3 fully saturated rings. The fourth-order valence-corrected chi connectivity index (χ4v) is 4.84. The fraction of sp³-hybridized carbons (Fsp3) is 0.812. The first kappa shape index (κ1) is 15.3. The number of nitrogens with zero attached hydrogens (tertiary/aromatic N) is 4. The van der Waals surface area contributed by atoms with Crippen LogP contribution in [0.1, 0.15) is 37.9 Å². The van der Waals surface area contributed by atoms with Gasteiger partial charge in [0.1, 0.15) is 6.61 Å². The Balaban J connectivity index is 1.33. The maximum Gasteiger partial charge on any atom is 0.226 e. The van der Waals surface area contributed by atoms with E-state index in [1.807, 2.05) is 0 Å². The van der Waals surface area contributed by atoms with E-state index in [2.05, 4.69) is 19.2 Å². The molecule has 0 radical (unpaired) electrons. The van der Waals surface area contributed by atoms with Gasteiger partial charge in [-0.2, -0.15) is 4.37 Å². The Hall–Kier alpha value is -1.21. The summed E-state index contributed by atoms with van der Waals surface area (Å²) in [5.41, 5.74) is 0.288. The highest BCUT2D eigenvalue weighted by molar-refractivity contribution is 7.09. The van der Waals surface area contributed by atoms with Gasteiger partial charge >= 0.3 is 0 Å². The lowest BCUT2D eigenvalue weighted by Crippen LogP contribution is -2.37. The molecule has 0 unspecified atom stereocenters. The monoisotopic (exact) mass is 336 g/mol. The number of ether oxygens (including phenoxy) is 1. The van der Waals surface area contributed by atoms with E-state index in [1.54, 1.807) is 7.11 Å². The molecule has 0 aromatic carbocycles. The largest absolute Gasteiger partial charge is 0.377 e. The minimum atomic E-state index is 0.288.